The van der Waals surface area contributed by atoms with Crippen molar-refractivity contribution in [3.8, 4) is 0 Å². The van der Waals surface area contributed by atoms with Crippen molar-refractivity contribution in [1.82, 2.24) is 6.15 Å². The second-order valence-corrected chi connectivity index (χ2v) is 3.35. The van der Waals surface area contributed by atoms with Gasteiger partial charge < -0.3 is 38.0 Å². The molecule has 15 heteroatoms. The van der Waals surface area contributed by atoms with Crippen LogP contribution in [0, 0.1) is 0 Å². The number of carboxylic acids is 4. The largest absolute Gasteiger partial charge is 0.481 e. The van der Waals surface area contributed by atoms with Gasteiger partial charge in [-0.1, -0.05) is 0 Å². The molecule has 0 unspecified atom stereocenters. The van der Waals surface area contributed by atoms with Crippen molar-refractivity contribution in [3.05, 3.63) is 0 Å². The van der Waals surface area contributed by atoms with Crippen molar-refractivity contribution in [3.63, 3.8) is 0 Å². The summed E-state index contributed by atoms with van der Waals surface area (Å²) in [6, 6.07) is 0. The molecular formula is C10H29N3O11S. The predicted molar refractivity (Wildman–Crippen MR) is 89.8 cm³/mol. The summed E-state index contributed by atoms with van der Waals surface area (Å²) in [5.74, 6) is -3.33. The molecule has 0 radical (unpaired) electrons. The molecule has 0 aromatic heterocycles. The van der Waals surface area contributed by atoms with Crippen LogP contribution in [0.15, 0.2) is 0 Å². The van der Waals surface area contributed by atoms with E-state index >= 15 is 0 Å². The molecule has 13 N–H and O–H groups in total. The molecule has 0 aromatic rings. The third-order valence-electron chi connectivity index (χ3n) is 0.167. The standard InChI is InChI=1S/C2H8N2.4C2H4O2.H3N.H2O3S/c3-1-2-4;4*1-2(3)4;;1-4(2)3/h1-4H2;4*1H3,(H,3,4);1H3;(H2,1,2,3). The van der Waals surface area contributed by atoms with E-state index in [0.717, 1.165) is 27.7 Å². The van der Waals surface area contributed by atoms with E-state index in [0.29, 0.717) is 13.1 Å². The van der Waals surface area contributed by atoms with E-state index in [4.69, 9.17) is 64.4 Å². The number of carboxylic acid groups (broad SMARTS) is 4. The molecule has 0 saturated carbocycles. The molecule has 0 aromatic carbocycles. The predicted octanol–water partition coefficient (Wildman–Crippen LogP) is -0.889. The Hall–Kier alpha value is -2.17. The van der Waals surface area contributed by atoms with Crippen molar-refractivity contribution >= 4 is 35.2 Å². The van der Waals surface area contributed by atoms with E-state index in [-0.39, 0.29) is 6.15 Å². The van der Waals surface area contributed by atoms with E-state index in [1.54, 1.807) is 0 Å². The minimum Gasteiger partial charge on any atom is -0.481 e. The fourth-order valence-corrected chi connectivity index (χ4v) is 0. The first kappa shape index (κ1) is 43.4. The number of hydrogen-bond donors (Lipinski definition) is 9. The molecule has 0 rings (SSSR count). The summed E-state index contributed by atoms with van der Waals surface area (Å²) in [5.41, 5.74) is 9.81. The van der Waals surface area contributed by atoms with Gasteiger partial charge in [-0.05, 0) is 0 Å². The lowest BCUT2D eigenvalue weighted by Crippen LogP contribution is -2.11. The van der Waals surface area contributed by atoms with Crippen LogP contribution in [0.3, 0.4) is 0 Å². The number of hydrogen-bond acceptors (Lipinski definition) is 8. The summed E-state index contributed by atoms with van der Waals surface area (Å²) in [6.45, 7) is 5.53. The van der Waals surface area contributed by atoms with Crippen LogP contribution < -0.4 is 17.6 Å². The summed E-state index contributed by atoms with van der Waals surface area (Å²) in [6.07, 6.45) is 0. The average molecular weight is 399 g/mol. The molecule has 0 bridgehead atoms. The van der Waals surface area contributed by atoms with Crippen molar-refractivity contribution in [2.75, 3.05) is 13.1 Å². The number of nitrogens with two attached hydrogens (primary N) is 2. The van der Waals surface area contributed by atoms with Crippen LogP contribution >= 0.6 is 0 Å². The van der Waals surface area contributed by atoms with Crippen molar-refractivity contribution < 1.29 is 52.9 Å². The zero-order valence-corrected chi connectivity index (χ0v) is 15.2. The molecule has 0 saturated heterocycles. The Balaban J connectivity index is -0.0000000309. The molecule has 0 amide bonds. The number of rotatable bonds is 1. The topological polar surface area (TPSA) is 294 Å². The third kappa shape index (κ3) is 6270. The highest BCUT2D eigenvalue weighted by molar-refractivity contribution is 7.73. The smallest absolute Gasteiger partial charge is 0.300 e. The zero-order valence-electron chi connectivity index (χ0n) is 14.4. The fraction of sp³-hybridized carbons (Fsp3) is 0.600. The Labute approximate surface area is 147 Å². The van der Waals surface area contributed by atoms with Gasteiger partial charge in [-0.15, -0.1) is 0 Å². The highest BCUT2D eigenvalue weighted by atomic mass is 32.2. The summed E-state index contributed by atoms with van der Waals surface area (Å²) < 4.78 is 22.8. The molecule has 0 aliphatic heterocycles. The van der Waals surface area contributed by atoms with Crippen LogP contribution in [0.2, 0.25) is 0 Å². The van der Waals surface area contributed by atoms with Gasteiger partial charge in [-0.2, -0.15) is 4.21 Å². The minimum atomic E-state index is -2.61. The Bertz CT molecular complexity index is 248. The lowest BCUT2D eigenvalue weighted by Gasteiger charge is -1.72. The van der Waals surface area contributed by atoms with Gasteiger partial charge in [-0.3, -0.25) is 28.3 Å². The minimum absolute atomic E-state index is 0. The molecule has 0 fully saturated rings. The van der Waals surface area contributed by atoms with Crippen molar-refractivity contribution in [2.24, 2.45) is 11.5 Å². The van der Waals surface area contributed by atoms with Crippen LogP contribution in [-0.2, 0) is 30.5 Å². The van der Waals surface area contributed by atoms with Crippen LogP contribution in [0.5, 0.6) is 0 Å². The summed E-state index contributed by atoms with van der Waals surface area (Å²) in [7, 11) is 0. The lowest BCUT2D eigenvalue weighted by atomic mass is 10.7. The Morgan fingerprint density at radius 2 is 0.720 bits per heavy atom. The van der Waals surface area contributed by atoms with Gasteiger partial charge in [0.1, 0.15) is 0 Å². The van der Waals surface area contributed by atoms with Gasteiger partial charge in [0.15, 0.2) is 0 Å². The molecule has 0 heterocycles. The maximum atomic E-state index is 9.00. The van der Waals surface area contributed by atoms with E-state index in [2.05, 4.69) is 0 Å². The van der Waals surface area contributed by atoms with Crippen LogP contribution in [0.1, 0.15) is 27.7 Å². The van der Waals surface area contributed by atoms with Crippen molar-refractivity contribution in [1.29, 1.82) is 0 Å². The first-order valence-corrected chi connectivity index (χ1v) is 6.62. The average Bonchev–Trinajstić information content (AvgIpc) is 2.24. The normalized spacial score (nSPS) is 6.60. The molecule has 0 atom stereocenters. The zero-order chi connectivity index (χ0) is 21.3. The molecule has 156 valence electrons. The maximum Gasteiger partial charge on any atom is 0.300 e. The first-order chi connectivity index (χ1) is 10.6. The van der Waals surface area contributed by atoms with E-state index in [1.165, 1.54) is 0 Å². The second kappa shape index (κ2) is 43.1. The fourth-order valence-electron chi connectivity index (χ4n) is 0. The highest BCUT2D eigenvalue weighted by Gasteiger charge is 1.66. The van der Waals surface area contributed by atoms with Gasteiger partial charge in [0.2, 0.25) is 0 Å². The van der Waals surface area contributed by atoms with Crippen LogP contribution in [0.25, 0.3) is 0 Å². The SMILES string of the molecule is CC(=O)O.CC(=O)O.CC(=O)O.CC(=O)O.N.NCCN.O=S(O)O. The summed E-state index contributed by atoms with van der Waals surface area (Å²) >= 11 is -2.61. The van der Waals surface area contributed by atoms with Crippen LogP contribution in [0.4, 0.5) is 0 Å². The van der Waals surface area contributed by atoms with E-state index in [9.17, 15) is 0 Å². The second-order valence-electron chi connectivity index (χ2n) is 2.88. The Kier molecular flexibility index (Phi) is 74.8. The lowest BCUT2D eigenvalue weighted by molar-refractivity contribution is -0.135. The monoisotopic (exact) mass is 399 g/mol. The Morgan fingerprint density at radius 1 is 0.680 bits per heavy atom. The van der Waals surface area contributed by atoms with Gasteiger partial charge in [0.25, 0.3) is 35.2 Å². The van der Waals surface area contributed by atoms with Gasteiger partial charge >= 0.3 is 0 Å². The van der Waals surface area contributed by atoms with Crippen molar-refractivity contribution in [2.45, 2.75) is 27.7 Å². The van der Waals surface area contributed by atoms with Gasteiger partial charge in [0, 0.05) is 40.8 Å². The highest BCUT2D eigenvalue weighted by Crippen LogP contribution is 1.44. The van der Waals surface area contributed by atoms with E-state index in [1.807, 2.05) is 0 Å². The number of aliphatic carboxylic acids is 4. The molecular weight excluding hydrogens is 370 g/mol. The van der Waals surface area contributed by atoms with Gasteiger partial charge in [0.05, 0.1) is 0 Å². The first-order valence-electron chi connectivity index (χ1n) is 5.56. The number of carbonyl (C=O) groups is 4. The molecule has 14 nitrogen and oxygen atoms in total. The molecule has 0 spiro atoms. The van der Waals surface area contributed by atoms with Gasteiger partial charge in [-0.25, -0.2) is 0 Å². The maximum absolute atomic E-state index is 9.00. The summed E-state index contributed by atoms with van der Waals surface area (Å²) in [4.78, 5) is 36.0. The molecule has 0 aliphatic rings. The summed E-state index contributed by atoms with van der Waals surface area (Å²) in [5, 5.41) is 29.7. The Morgan fingerprint density at radius 3 is 0.720 bits per heavy atom. The third-order valence-corrected chi connectivity index (χ3v) is 0.167. The van der Waals surface area contributed by atoms with E-state index < -0.39 is 35.2 Å². The quantitative estimate of drug-likeness (QED) is 0.241. The molecule has 25 heavy (non-hydrogen) atoms. The molecule has 0 aliphatic carbocycles. The van der Waals surface area contributed by atoms with Crippen LogP contribution in [-0.4, -0.2) is 70.7 Å².